The minimum Gasteiger partial charge on any atom is -0.444 e. The van der Waals surface area contributed by atoms with Crippen LogP contribution in [-0.2, 0) is 10.2 Å². The van der Waals surface area contributed by atoms with Gasteiger partial charge in [-0.1, -0.05) is 6.07 Å². The summed E-state index contributed by atoms with van der Waals surface area (Å²) in [6.07, 6.45) is 0.902. The number of rotatable bonds is 1. The van der Waals surface area contributed by atoms with Crippen molar-refractivity contribution in [2.45, 2.75) is 38.2 Å². The maximum Gasteiger partial charge on any atom is 0.410 e. The Labute approximate surface area is 119 Å². The molecule has 0 bridgehead atoms. The van der Waals surface area contributed by atoms with E-state index < -0.39 is 5.60 Å². The largest absolute Gasteiger partial charge is 0.444 e. The molecule has 1 amide bonds. The number of fused-ring (bicyclic) bond motifs is 1. The zero-order valence-corrected chi connectivity index (χ0v) is 12.3. The predicted molar refractivity (Wildman–Crippen MR) is 77.3 cm³/mol. The van der Waals surface area contributed by atoms with Gasteiger partial charge in [0.05, 0.1) is 0 Å². The van der Waals surface area contributed by atoms with Crippen LogP contribution in [0.15, 0.2) is 18.2 Å². The van der Waals surface area contributed by atoms with E-state index in [-0.39, 0.29) is 11.5 Å². The molecule has 4 nitrogen and oxygen atoms in total. The van der Waals surface area contributed by atoms with Gasteiger partial charge in [0.25, 0.3) is 0 Å². The number of piperidine rings is 1. The number of hydrogen-bond donors (Lipinski definition) is 1. The van der Waals surface area contributed by atoms with Crippen LogP contribution >= 0.6 is 0 Å². The number of hydrogen-bond acceptors (Lipinski definition) is 3. The third-order valence-corrected chi connectivity index (χ3v) is 4.16. The normalized spacial score (nSPS) is 28.1. The Balaban J connectivity index is 1.73. The fraction of sp³-hybridized carbons (Fsp3) is 0.562. The fourth-order valence-corrected chi connectivity index (χ4v) is 3.14. The average molecular weight is 273 g/mol. The van der Waals surface area contributed by atoms with Crippen molar-refractivity contribution in [2.75, 3.05) is 18.8 Å². The number of anilines is 1. The minimum absolute atomic E-state index is 0.0618. The summed E-state index contributed by atoms with van der Waals surface area (Å²) >= 11 is 0. The number of benzene rings is 1. The molecule has 107 valence electrons. The molecule has 1 aliphatic heterocycles. The lowest BCUT2D eigenvalue weighted by Gasteiger charge is -2.26. The molecule has 2 aliphatic rings. The second kappa shape index (κ2) is 4.14. The number of carbonyl (C=O) groups is 1. The van der Waals surface area contributed by atoms with Crippen molar-refractivity contribution in [3.05, 3.63) is 29.8 Å². The van der Waals surface area contributed by atoms with Crippen molar-refractivity contribution in [1.29, 1.82) is 0 Å². The van der Waals surface area contributed by atoms with Gasteiger partial charge in [0.1, 0.15) is 5.60 Å². The van der Waals surface area contributed by atoms with Crippen LogP contribution in [0.4, 0.5) is 10.5 Å². The second-order valence-electron chi connectivity index (χ2n) is 6.95. The first-order chi connectivity index (χ1) is 9.30. The van der Waals surface area contributed by atoms with E-state index in [1.54, 1.807) is 0 Å². The lowest BCUT2D eigenvalue weighted by Crippen LogP contribution is -2.37. The molecule has 1 radical (unpaired) electrons. The molecule has 1 aromatic carbocycles. The first-order valence-electron chi connectivity index (χ1n) is 7.06. The highest BCUT2D eigenvalue weighted by atomic mass is 16.6. The van der Waals surface area contributed by atoms with E-state index in [0.717, 1.165) is 24.2 Å². The number of carbonyl (C=O) groups excluding carboxylic acids is 1. The first kappa shape index (κ1) is 13.3. The molecule has 1 aromatic rings. The van der Waals surface area contributed by atoms with Gasteiger partial charge in [-0.25, -0.2) is 4.79 Å². The van der Waals surface area contributed by atoms with Gasteiger partial charge in [0.2, 0.25) is 0 Å². The lowest BCUT2D eigenvalue weighted by molar-refractivity contribution is 0.0270. The van der Waals surface area contributed by atoms with E-state index in [1.807, 2.05) is 43.9 Å². The van der Waals surface area contributed by atoms with Gasteiger partial charge in [0.15, 0.2) is 0 Å². The van der Waals surface area contributed by atoms with Crippen molar-refractivity contribution in [1.82, 2.24) is 4.90 Å². The van der Waals surface area contributed by atoms with Gasteiger partial charge in [-0.15, -0.1) is 0 Å². The molecule has 1 aliphatic carbocycles. The van der Waals surface area contributed by atoms with Crippen LogP contribution in [-0.4, -0.2) is 29.7 Å². The summed E-state index contributed by atoms with van der Waals surface area (Å²) < 4.78 is 5.45. The Kier molecular flexibility index (Phi) is 2.75. The Morgan fingerprint density at radius 3 is 2.95 bits per heavy atom. The zero-order valence-electron chi connectivity index (χ0n) is 12.3. The molecule has 3 rings (SSSR count). The van der Waals surface area contributed by atoms with Crippen molar-refractivity contribution in [3.63, 3.8) is 0 Å². The SMILES string of the molecule is CC(C)(C)OC(=O)N1C[C@H]2C[C@@]2(c2[c]ccc(N)c2)C1. The zero-order chi connectivity index (χ0) is 14.5. The highest BCUT2D eigenvalue weighted by molar-refractivity contribution is 5.70. The fourth-order valence-electron chi connectivity index (χ4n) is 3.14. The predicted octanol–water partition coefficient (Wildman–Crippen LogP) is 2.58. The van der Waals surface area contributed by atoms with Crippen LogP contribution < -0.4 is 5.73 Å². The van der Waals surface area contributed by atoms with Gasteiger partial charge >= 0.3 is 6.09 Å². The number of likely N-dealkylation sites (tertiary alicyclic amines) is 1. The minimum atomic E-state index is -0.444. The summed E-state index contributed by atoms with van der Waals surface area (Å²) in [5.74, 6) is 0.521. The lowest BCUT2D eigenvalue weighted by atomic mass is 9.95. The van der Waals surface area contributed by atoms with E-state index in [0.29, 0.717) is 12.5 Å². The van der Waals surface area contributed by atoms with Gasteiger partial charge in [-0.05, 0) is 56.9 Å². The number of amides is 1. The third kappa shape index (κ3) is 2.23. The first-order valence-corrected chi connectivity index (χ1v) is 7.06. The van der Waals surface area contributed by atoms with Gasteiger partial charge < -0.3 is 15.4 Å². The molecule has 0 unspecified atom stereocenters. The number of nitrogen functional groups attached to an aromatic ring is 1. The van der Waals surface area contributed by atoms with Gasteiger partial charge in [-0.3, -0.25) is 0 Å². The summed E-state index contributed by atoms with van der Waals surface area (Å²) in [4.78, 5) is 14.0. The number of ether oxygens (including phenoxy) is 1. The number of nitrogens with two attached hydrogens (primary N) is 1. The van der Waals surface area contributed by atoms with Gasteiger partial charge in [0, 0.05) is 24.2 Å². The van der Waals surface area contributed by atoms with Crippen LogP contribution in [0.1, 0.15) is 32.8 Å². The van der Waals surface area contributed by atoms with Crippen LogP contribution in [0.5, 0.6) is 0 Å². The third-order valence-electron chi connectivity index (χ3n) is 4.16. The molecule has 2 atom stereocenters. The molecule has 4 heteroatoms. The standard InChI is InChI=1S/C16H21N2O2/c1-15(2,3)20-14(19)18-9-12-8-16(12,10-18)11-5-4-6-13(17)7-11/h4,6-7,12H,8-10,17H2,1-3H3/t12-,16+/m1/s1. The molecule has 1 saturated carbocycles. The van der Waals surface area contributed by atoms with Crippen LogP contribution in [0, 0.1) is 12.0 Å². The molecule has 20 heavy (non-hydrogen) atoms. The highest BCUT2D eigenvalue weighted by Crippen LogP contribution is 2.59. The van der Waals surface area contributed by atoms with Crippen LogP contribution in [0.3, 0.4) is 0 Å². The second-order valence-corrected chi connectivity index (χ2v) is 6.95. The summed E-state index contributed by atoms with van der Waals surface area (Å²) in [5, 5.41) is 0. The average Bonchev–Trinajstić information content (AvgIpc) is 2.90. The Bertz CT molecular complexity index is 550. The molecule has 1 heterocycles. The van der Waals surface area contributed by atoms with E-state index in [9.17, 15) is 4.79 Å². The van der Waals surface area contributed by atoms with Crippen molar-refractivity contribution in [3.8, 4) is 0 Å². The van der Waals surface area contributed by atoms with E-state index in [4.69, 9.17) is 10.5 Å². The van der Waals surface area contributed by atoms with E-state index in [1.165, 1.54) is 0 Å². The molecular formula is C16H21N2O2. The molecule has 2 fully saturated rings. The Hall–Kier alpha value is -1.71. The molecular weight excluding hydrogens is 252 g/mol. The van der Waals surface area contributed by atoms with Crippen molar-refractivity contribution < 1.29 is 9.53 Å². The molecule has 0 aromatic heterocycles. The van der Waals surface area contributed by atoms with Crippen LogP contribution in [0.2, 0.25) is 0 Å². The molecule has 1 saturated heterocycles. The number of nitrogens with zero attached hydrogens (tertiary/aromatic N) is 1. The van der Waals surface area contributed by atoms with E-state index in [2.05, 4.69) is 6.07 Å². The Morgan fingerprint density at radius 1 is 1.55 bits per heavy atom. The maximum absolute atomic E-state index is 12.1. The topological polar surface area (TPSA) is 55.6 Å². The molecule has 2 N–H and O–H groups in total. The quantitative estimate of drug-likeness (QED) is 0.800. The van der Waals surface area contributed by atoms with Crippen molar-refractivity contribution in [2.24, 2.45) is 5.92 Å². The monoisotopic (exact) mass is 273 g/mol. The maximum atomic E-state index is 12.1. The Morgan fingerprint density at radius 2 is 2.30 bits per heavy atom. The van der Waals surface area contributed by atoms with Crippen molar-refractivity contribution >= 4 is 11.8 Å². The molecule has 0 spiro atoms. The highest BCUT2D eigenvalue weighted by Gasteiger charge is 2.62. The smallest absolute Gasteiger partial charge is 0.410 e. The summed E-state index contributed by atoms with van der Waals surface area (Å²) in [6, 6.07) is 8.98. The van der Waals surface area contributed by atoms with E-state index >= 15 is 0 Å². The van der Waals surface area contributed by atoms with Gasteiger partial charge in [-0.2, -0.15) is 0 Å². The summed E-state index contributed by atoms with van der Waals surface area (Å²) in [7, 11) is 0. The summed E-state index contributed by atoms with van der Waals surface area (Å²) in [5.41, 5.74) is 7.37. The summed E-state index contributed by atoms with van der Waals surface area (Å²) in [6.45, 7) is 7.17. The van der Waals surface area contributed by atoms with Crippen LogP contribution in [0.25, 0.3) is 0 Å².